The van der Waals surface area contributed by atoms with Gasteiger partial charge in [-0.1, -0.05) is 35.9 Å². The molecule has 0 amide bonds. The number of benzene rings is 3. The van der Waals surface area contributed by atoms with E-state index < -0.39 is 17.3 Å². The number of fused-ring (bicyclic) bond motifs is 1. The van der Waals surface area contributed by atoms with Crippen LogP contribution in [0.1, 0.15) is 31.9 Å². The molecule has 7 nitrogen and oxygen atoms in total. The van der Waals surface area contributed by atoms with Gasteiger partial charge in [0.05, 0.1) is 16.6 Å². The lowest BCUT2D eigenvalue weighted by molar-refractivity contribution is -0.136. The van der Waals surface area contributed by atoms with Crippen LogP contribution in [0.15, 0.2) is 65.7 Å². The summed E-state index contributed by atoms with van der Waals surface area (Å²) >= 11 is 7.85. The number of carboxylic acids is 1. The number of hydrogen-bond donors (Lipinski definition) is 2. The van der Waals surface area contributed by atoms with E-state index in [-0.39, 0.29) is 6.42 Å². The number of aryl methyl sites for hydroxylation is 1. The molecule has 0 aliphatic carbocycles. The van der Waals surface area contributed by atoms with E-state index in [9.17, 15) is 14.7 Å². The number of rotatable bonds is 6. The van der Waals surface area contributed by atoms with Crippen LogP contribution in [0.4, 0.5) is 0 Å². The predicted octanol–water partition coefficient (Wildman–Crippen LogP) is 7.15. The minimum absolute atomic E-state index is 0.135. The van der Waals surface area contributed by atoms with Gasteiger partial charge in [0.25, 0.3) is 0 Å². The zero-order valence-corrected chi connectivity index (χ0v) is 23.4. The number of aromatic nitrogens is 3. The van der Waals surface area contributed by atoms with Crippen LogP contribution >= 0.6 is 22.9 Å². The monoisotopic (exact) mass is 559 g/mol. The van der Waals surface area contributed by atoms with E-state index in [1.54, 1.807) is 18.3 Å². The van der Waals surface area contributed by atoms with E-state index in [1.165, 1.54) is 17.5 Å². The maximum atomic E-state index is 11.9. The number of hydrogen-bond acceptors (Lipinski definition) is 6. The first-order chi connectivity index (χ1) is 18.5. The maximum Gasteiger partial charge on any atom is 0.344 e. The summed E-state index contributed by atoms with van der Waals surface area (Å²) in [5.41, 5.74) is 5.65. The van der Waals surface area contributed by atoms with Crippen molar-refractivity contribution in [3.05, 3.63) is 87.6 Å². The molecule has 2 aromatic heterocycles. The summed E-state index contributed by atoms with van der Waals surface area (Å²) < 4.78 is 7.17. The van der Waals surface area contributed by atoms with Gasteiger partial charge in [-0.25, -0.2) is 14.8 Å². The molecule has 2 heterocycles. The molecule has 0 aliphatic rings. The molecule has 0 atom stereocenters. The lowest BCUT2D eigenvalue weighted by Crippen LogP contribution is -2.23. The summed E-state index contributed by atoms with van der Waals surface area (Å²) in [7, 11) is 0. The number of carbonyl (C=O) groups is 1. The number of carboxylic acid groups (broad SMARTS) is 1. The van der Waals surface area contributed by atoms with Gasteiger partial charge in [0, 0.05) is 39.7 Å². The van der Waals surface area contributed by atoms with E-state index in [0.717, 1.165) is 48.6 Å². The fourth-order valence-electron chi connectivity index (χ4n) is 4.45. The minimum Gasteiger partial charge on any atom is -0.487 e. The largest absolute Gasteiger partial charge is 0.487 e. The maximum absolute atomic E-state index is 11.9. The highest BCUT2D eigenvalue weighted by atomic mass is 35.5. The van der Waals surface area contributed by atoms with E-state index >= 15 is 0 Å². The summed E-state index contributed by atoms with van der Waals surface area (Å²) in [6.07, 6.45) is 3.03. The van der Waals surface area contributed by atoms with Crippen molar-refractivity contribution < 1.29 is 14.6 Å². The number of nitrogens with one attached hydrogen (secondary N) is 1. The van der Waals surface area contributed by atoms with Gasteiger partial charge in [-0.15, -0.1) is 11.3 Å². The van der Waals surface area contributed by atoms with Crippen LogP contribution in [-0.4, -0.2) is 31.6 Å². The third kappa shape index (κ3) is 5.72. The first-order valence-corrected chi connectivity index (χ1v) is 13.5. The van der Waals surface area contributed by atoms with Crippen molar-refractivity contribution in [1.82, 2.24) is 15.0 Å². The third-order valence-corrected chi connectivity index (χ3v) is 7.48. The molecule has 0 unspecified atom stereocenters. The summed E-state index contributed by atoms with van der Waals surface area (Å²) in [5.74, 6) is -0.328. The second-order valence-electron chi connectivity index (χ2n) is 10.2. The van der Waals surface area contributed by atoms with Crippen molar-refractivity contribution in [1.29, 1.82) is 0 Å². The Labute approximate surface area is 234 Å². The number of nitrogens with zero attached hydrogens (tertiary/aromatic N) is 2. The second kappa shape index (κ2) is 10.3. The smallest absolute Gasteiger partial charge is 0.344 e. The van der Waals surface area contributed by atoms with Crippen LogP contribution in [0.2, 0.25) is 5.02 Å². The average Bonchev–Trinajstić information content (AvgIpc) is 3.28. The molecule has 0 fully saturated rings. The number of ether oxygens (including phenoxy) is 1. The van der Waals surface area contributed by atoms with Crippen molar-refractivity contribution in [2.75, 3.05) is 0 Å². The van der Waals surface area contributed by atoms with Crippen LogP contribution in [-0.2, 0) is 11.2 Å². The molecule has 0 radical (unpaired) electrons. The van der Waals surface area contributed by atoms with Crippen molar-refractivity contribution >= 4 is 39.1 Å². The summed E-state index contributed by atoms with van der Waals surface area (Å²) in [6.45, 7) is 7.78. The normalized spacial score (nSPS) is 11.6. The lowest BCUT2D eigenvalue weighted by Gasteiger charge is -2.24. The van der Waals surface area contributed by atoms with Crippen LogP contribution in [0.25, 0.3) is 43.0 Å². The predicted molar refractivity (Wildman–Crippen MR) is 156 cm³/mol. The zero-order chi connectivity index (χ0) is 27.9. The van der Waals surface area contributed by atoms with Gasteiger partial charge in [0.2, 0.25) is 0 Å². The van der Waals surface area contributed by atoms with Crippen LogP contribution in [0.3, 0.4) is 0 Å². The van der Waals surface area contributed by atoms with Gasteiger partial charge in [0.15, 0.2) is 0 Å². The molecular formula is C30H26ClN3O4S. The number of aliphatic carboxylic acids is 1. The van der Waals surface area contributed by atoms with Crippen molar-refractivity contribution in [3.8, 4) is 38.6 Å². The highest BCUT2D eigenvalue weighted by molar-refractivity contribution is 7.22. The molecule has 5 rings (SSSR count). The van der Waals surface area contributed by atoms with Gasteiger partial charge in [-0.05, 0) is 68.7 Å². The van der Waals surface area contributed by atoms with Gasteiger partial charge < -0.3 is 14.8 Å². The van der Waals surface area contributed by atoms with Gasteiger partial charge >= 0.3 is 11.7 Å². The van der Waals surface area contributed by atoms with Crippen molar-refractivity contribution in [3.63, 3.8) is 0 Å². The zero-order valence-electron chi connectivity index (χ0n) is 21.8. The van der Waals surface area contributed by atoms with E-state index in [1.807, 2.05) is 64.1 Å². The topological polar surface area (TPSA) is 105 Å². The van der Waals surface area contributed by atoms with Gasteiger partial charge in [-0.2, -0.15) is 0 Å². The van der Waals surface area contributed by atoms with Crippen molar-refractivity contribution in [2.24, 2.45) is 0 Å². The Hall–Kier alpha value is -4.01. The summed E-state index contributed by atoms with van der Waals surface area (Å²) in [5, 5.41) is 11.1. The Morgan fingerprint density at radius 1 is 1.08 bits per heavy atom. The van der Waals surface area contributed by atoms with Gasteiger partial charge in [-0.3, -0.25) is 4.79 Å². The number of aromatic amines is 1. The molecule has 0 saturated heterocycles. The Morgan fingerprint density at radius 2 is 1.79 bits per heavy atom. The Morgan fingerprint density at radius 3 is 2.44 bits per heavy atom. The molecule has 3 aromatic carbocycles. The molecule has 0 saturated carbocycles. The Balaban J connectivity index is 1.68. The van der Waals surface area contributed by atoms with E-state index in [0.29, 0.717) is 16.3 Å². The Kier molecular flexibility index (Phi) is 7.01. The van der Waals surface area contributed by atoms with E-state index in [4.69, 9.17) is 21.3 Å². The minimum atomic E-state index is -0.914. The van der Waals surface area contributed by atoms with E-state index in [2.05, 4.69) is 9.97 Å². The first-order valence-electron chi connectivity index (χ1n) is 12.3. The molecule has 9 heteroatoms. The highest BCUT2D eigenvalue weighted by Crippen LogP contribution is 2.45. The lowest BCUT2D eigenvalue weighted by atomic mass is 9.92. The number of thiazole rings is 1. The average molecular weight is 560 g/mol. The summed E-state index contributed by atoms with van der Waals surface area (Å²) in [4.78, 5) is 34.5. The SMILES string of the molecule is Cc1cc2nc(-c3ccc(-c4cnc(=O)[nH]c4)cc3)sc2c(-c2ccc(Cl)cc2OC(C)(C)C)c1CC(=O)O. The van der Waals surface area contributed by atoms with Crippen LogP contribution in [0.5, 0.6) is 5.75 Å². The molecule has 0 bridgehead atoms. The van der Waals surface area contributed by atoms with Crippen molar-refractivity contribution in [2.45, 2.75) is 39.7 Å². The first kappa shape index (κ1) is 26.6. The molecule has 5 aromatic rings. The standard InChI is InChI=1S/C30H26ClN3O4S/c1-16-11-23-27(39-28(34-23)18-7-5-17(6-8-18)19-14-32-29(37)33-15-19)26(22(16)13-25(35)36)21-10-9-20(31)12-24(21)38-30(2,3)4/h5-12,14-15H,13H2,1-4H3,(H,35,36)(H,32,33,37). The highest BCUT2D eigenvalue weighted by Gasteiger charge is 2.24. The van der Waals surface area contributed by atoms with Gasteiger partial charge in [0.1, 0.15) is 16.4 Å². The molecule has 198 valence electrons. The molecule has 0 spiro atoms. The molecule has 0 aliphatic heterocycles. The molecule has 2 N–H and O–H groups in total. The molecular weight excluding hydrogens is 534 g/mol. The number of H-pyrrole nitrogens is 1. The molecule has 39 heavy (non-hydrogen) atoms. The number of halogens is 1. The fourth-order valence-corrected chi connectivity index (χ4v) is 5.74. The van der Waals surface area contributed by atoms with Crippen LogP contribution in [0, 0.1) is 6.92 Å². The van der Waals surface area contributed by atoms with Crippen LogP contribution < -0.4 is 10.4 Å². The second-order valence-corrected chi connectivity index (χ2v) is 11.7. The fraction of sp³-hybridized carbons (Fsp3) is 0.200. The summed E-state index contributed by atoms with van der Waals surface area (Å²) in [6, 6.07) is 15.2. The third-order valence-electron chi connectivity index (χ3n) is 6.11. The Bertz CT molecular complexity index is 1750. The quantitative estimate of drug-likeness (QED) is 0.229.